The molecule has 2 aromatic heterocycles. The van der Waals surface area contributed by atoms with Crippen LogP contribution in [0.1, 0.15) is 75.1 Å². The topological polar surface area (TPSA) is 201 Å². The molecule has 1 radical (unpaired) electrons. The molecule has 0 saturated heterocycles. The molecule has 14 nitrogen and oxygen atoms in total. The van der Waals surface area contributed by atoms with E-state index in [2.05, 4.69) is 31.2 Å². The quantitative estimate of drug-likeness (QED) is 0.0527. The molecule has 0 fully saturated rings. The first-order valence-electron chi connectivity index (χ1n) is 18.9. The van der Waals surface area contributed by atoms with Crippen LogP contribution in [0.15, 0.2) is 97.6 Å². The zero-order valence-corrected chi connectivity index (χ0v) is 35.5. The molecule has 17 heteroatoms. The number of amides is 4. The van der Waals surface area contributed by atoms with Crippen LogP contribution in [0.2, 0.25) is 0 Å². The van der Waals surface area contributed by atoms with Crippen LogP contribution in [-0.2, 0) is 18.9 Å². The van der Waals surface area contributed by atoms with Gasteiger partial charge in [-0.25, -0.2) is 0 Å². The molecule has 2 heterocycles. The lowest BCUT2D eigenvalue weighted by Crippen LogP contribution is -2.56. The van der Waals surface area contributed by atoms with Crippen molar-refractivity contribution in [2.45, 2.75) is 91.1 Å². The number of benzene rings is 2. The number of carbonyl (C=O) groups is 4. The van der Waals surface area contributed by atoms with E-state index < -0.39 is 60.4 Å². The van der Waals surface area contributed by atoms with E-state index in [9.17, 15) is 29.4 Å². The minimum atomic E-state index is -1.32. The second-order valence-electron chi connectivity index (χ2n) is 14.7. The largest absolute Gasteiger partial charge is 0.491 e. The van der Waals surface area contributed by atoms with E-state index in [1.54, 1.807) is 73.3 Å². The van der Waals surface area contributed by atoms with Crippen molar-refractivity contribution in [2.24, 2.45) is 11.8 Å². The van der Waals surface area contributed by atoms with Gasteiger partial charge in [-0.15, -0.1) is 24.8 Å². The first kappa shape index (κ1) is 50.2. The molecule has 0 aliphatic rings. The lowest BCUT2D eigenvalue weighted by atomic mass is 10.0. The van der Waals surface area contributed by atoms with Gasteiger partial charge in [0.05, 0.1) is 12.2 Å². The Labute approximate surface area is 358 Å². The van der Waals surface area contributed by atoms with E-state index in [-0.39, 0.29) is 47.8 Å². The van der Waals surface area contributed by atoms with Crippen molar-refractivity contribution in [3.63, 3.8) is 0 Å². The van der Waals surface area contributed by atoms with E-state index in [1.807, 2.05) is 52.0 Å². The molecule has 0 aliphatic carbocycles. The van der Waals surface area contributed by atoms with Crippen molar-refractivity contribution in [1.29, 1.82) is 0 Å². The van der Waals surface area contributed by atoms with E-state index in [0.717, 1.165) is 29.9 Å². The first-order chi connectivity index (χ1) is 27.2. The molecular formula is C42H54BCl2N6O8. The van der Waals surface area contributed by atoms with Gasteiger partial charge in [0.1, 0.15) is 24.5 Å². The Morgan fingerprint density at radius 3 is 1.27 bits per heavy atom. The van der Waals surface area contributed by atoms with Crippen LogP contribution in [0.4, 0.5) is 0 Å². The second kappa shape index (κ2) is 24.9. The Morgan fingerprint density at radius 1 is 0.576 bits per heavy atom. The summed E-state index contributed by atoms with van der Waals surface area (Å²) in [6, 6.07) is 18.3. The van der Waals surface area contributed by atoms with Crippen LogP contribution in [0.25, 0.3) is 22.3 Å². The number of nitrogens with zero attached hydrogens (tertiary/aromatic N) is 2. The van der Waals surface area contributed by atoms with Crippen molar-refractivity contribution in [1.82, 2.24) is 31.2 Å². The van der Waals surface area contributed by atoms with E-state index in [4.69, 9.17) is 9.31 Å². The Bertz CT molecular complexity index is 1790. The highest BCUT2D eigenvalue weighted by atomic mass is 35.5. The Hall–Kier alpha value is -4.90. The molecule has 317 valence electrons. The van der Waals surface area contributed by atoms with Crippen molar-refractivity contribution >= 4 is 56.1 Å². The normalized spacial score (nSPS) is 13.9. The minimum absolute atomic E-state index is 0. The monoisotopic (exact) mass is 851 g/mol. The standard InChI is InChI=1S/C42H52BN6O8.2ClH/c1-25(2)19-35(46-41(54)37(27(5)50)48-39(52)31-13-7-11-29(21-31)33-15-9-17-44-23-33)56-43-57-36(20-26(3)4)47-42(55)38(28(6)51)49-40(53)32-14-8-12-30(22-32)34-16-10-18-45-24-34;;/h7-18,21-28,35-38,50-51H,19-20H2,1-6H3,(H,46,54)(H,47,55)(H,48,52)(H,49,53);2*1H/t27-,28-,35-,36-,37+,38+;;/m1../s1. The number of rotatable bonds is 20. The molecule has 0 spiro atoms. The van der Waals surface area contributed by atoms with Gasteiger partial charge in [0, 0.05) is 47.0 Å². The maximum Gasteiger partial charge on any atom is 0.491 e. The highest BCUT2D eigenvalue weighted by molar-refractivity contribution is 6.18. The number of nitrogens with one attached hydrogen (secondary N) is 4. The van der Waals surface area contributed by atoms with Crippen LogP contribution in [-0.4, -0.2) is 88.2 Å². The molecule has 0 aliphatic heterocycles. The summed E-state index contributed by atoms with van der Waals surface area (Å²) in [7, 11) is 1.01. The second-order valence-corrected chi connectivity index (χ2v) is 14.7. The minimum Gasteiger partial charge on any atom is -0.393 e. The molecule has 6 N–H and O–H groups in total. The number of carbonyl (C=O) groups excluding carboxylic acids is 4. The third kappa shape index (κ3) is 16.0. The summed E-state index contributed by atoms with van der Waals surface area (Å²) in [5.74, 6) is -2.40. The van der Waals surface area contributed by atoms with Gasteiger partial charge in [0.25, 0.3) is 11.8 Å². The number of hydrogen-bond acceptors (Lipinski definition) is 10. The molecule has 4 amide bonds. The summed E-state index contributed by atoms with van der Waals surface area (Å²) >= 11 is 0. The highest BCUT2D eigenvalue weighted by Gasteiger charge is 2.31. The molecule has 6 atom stereocenters. The van der Waals surface area contributed by atoms with E-state index in [1.165, 1.54) is 13.8 Å². The predicted octanol–water partition coefficient (Wildman–Crippen LogP) is 4.86. The third-order valence-electron chi connectivity index (χ3n) is 8.76. The lowest BCUT2D eigenvalue weighted by Gasteiger charge is -2.28. The van der Waals surface area contributed by atoms with Gasteiger partial charge in [-0.05, 0) is 86.1 Å². The molecular weight excluding hydrogens is 798 g/mol. The van der Waals surface area contributed by atoms with E-state index >= 15 is 0 Å². The molecule has 59 heavy (non-hydrogen) atoms. The zero-order valence-electron chi connectivity index (χ0n) is 33.9. The molecule has 4 rings (SSSR count). The van der Waals surface area contributed by atoms with Crippen LogP contribution >= 0.6 is 24.8 Å². The summed E-state index contributed by atoms with van der Waals surface area (Å²) < 4.78 is 11.7. The summed E-state index contributed by atoms with van der Waals surface area (Å²) in [4.78, 5) is 61.8. The lowest BCUT2D eigenvalue weighted by molar-refractivity contribution is -0.128. The van der Waals surface area contributed by atoms with Crippen molar-refractivity contribution in [3.05, 3.63) is 109 Å². The number of halogens is 2. The SMILES string of the molecule is CC(C)C[C@H](NC(=O)[C@@H](NC(=O)c1cccc(-c2cccnc2)c1)[C@@H](C)O)O[B]O[C@H](CC(C)C)NC(=O)[C@@H](NC(=O)c1cccc(-c2cccnc2)c1)[C@@H](C)O.Cl.Cl. The molecule has 0 bridgehead atoms. The fourth-order valence-corrected chi connectivity index (χ4v) is 5.82. The van der Waals surface area contributed by atoms with Crippen LogP contribution in [0.5, 0.6) is 0 Å². The highest BCUT2D eigenvalue weighted by Crippen LogP contribution is 2.21. The van der Waals surface area contributed by atoms with E-state index in [0.29, 0.717) is 12.8 Å². The zero-order chi connectivity index (χ0) is 41.5. The number of pyridine rings is 2. The molecule has 4 aromatic rings. The van der Waals surface area contributed by atoms with Gasteiger partial charge in [-0.1, -0.05) is 64.1 Å². The number of aliphatic hydroxyl groups is 2. The van der Waals surface area contributed by atoms with Gasteiger partial charge in [-0.2, -0.15) is 0 Å². The smallest absolute Gasteiger partial charge is 0.393 e. The Balaban J connectivity index is 0.00000600. The average Bonchev–Trinajstić information content (AvgIpc) is 3.18. The summed E-state index contributed by atoms with van der Waals surface area (Å²) in [6.45, 7) is 10.5. The number of aromatic nitrogens is 2. The maximum absolute atomic E-state index is 13.5. The first-order valence-corrected chi connectivity index (χ1v) is 18.9. The van der Waals surface area contributed by atoms with Crippen LogP contribution in [0.3, 0.4) is 0 Å². The van der Waals surface area contributed by atoms with Crippen molar-refractivity contribution in [2.75, 3.05) is 0 Å². The number of aliphatic hydroxyl groups excluding tert-OH is 2. The molecule has 2 aromatic carbocycles. The molecule has 0 saturated carbocycles. The van der Waals surface area contributed by atoms with Crippen molar-refractivity contribution < 1.29 is 38.7 Å². The average molecular weight is 853 g/mol. The Morgan fingerprint density at radius 2 is 0.949 bits per heavy atom. The van der Waals surface area contributed by atoms with Crippen LogP contribution < -0.4 is 21.3 Å². The van der Waals surface area contributed by atoms with Gasteiger partial charge in [-0.3, -0.25) is 29.1 Å². The summed E-state index contributed by atoms with van der Waals surface area (Å²) in [5, 5.41) is 31.8. The van der Waals surface area contributed by atoms with Gasteiger partial charge in [0.2, 0.25) is 11.8 Å². The van der Waals surface area contributed by atoms with Gasteiger partial charge < -0.3 is 40.8 Å². The number of hydrogen-bond donors (Lipinski definition) is 6. The summed E-state index contributed by atoms with van der Waals surface area (Å²) in [6.07, 6.45) is 2.93. The molecule has 0 unspecified atom stereocenters. The maximum atomic E-state index is 13.5. The van der Waals surface area contributed by atoms with Gasteiger partial charge in [0.15, 0.2) is 0 Å². The van der Waals surface area contributed by atoms with Crippen molar-refractivity contribution in [3.8, 4) is 22.3 Å². The van der Waals surface area contributed by atoms with Gasteiger partial charge >= 0.3 is 7.69 Å². The fraction of sp³-hybridized carbons (Fsp3) is 0.381. The Kier molecular flexibility index (Phi) is 21.2. The summed E-state index contributed by atoms with van der Waals surface area (Å²) in [5.41, 5.74) is 3.72. The fourth-order valence-electron chi connectivity index (χ4n) is 5.82. The van der Waals surface area contributed by atoms with Crippen LogP contribution in [0, 0.1) is 11.8 Å². The predicted molar refractivity (Wildman–Crippen MR) is 230 cm³/mol. The third-order valence-corrected chi connectivity index (χ3v) is 8.76.